The second kappa shape index (κ2) is 7.27. The molecule has 0 N–H and O–H groups in total. The van der Waals surface area contributed by atoms with Gasteiger partial charge in [0.2, 0.25) is 5.91 Å². The molecule has 0 radical (unpaired) electrons. The van der Waals surface area contributed by atoms with E-state index in [1.807, 2.05) is 53.4 Å². The molecule has 1 amide bonds. The summed E-state index contributed by atoms with van der Waals surface area (Å²) >= 11 is 6.34. The molecule has 1 saturated carbocycles. The molecule has 2 aromatic carbocycles. The highest BCUT2D eigenvalue weighted by atomic mass is 35.5. The Kier molecular flexibility index (Phi) is 5.10. The molecule has 126 valence electrons. The molecule has 1 aliphatic rings. The molecule has 3 nitrogen and oxygen atoms in total. The largest absolute Gasteiger partial charge is 0.497 e. The molecule has 0 saturated heterocycles. The first-order chi connectivity index (χ1) is 11.6. The van der Waals surface area contributed by atoms with Gasteiger partial charge in [-0.25, -0.2) is 0 Å². The molecule has 4 heteroatoms. The van der Waals surface area contributed by atoms with E-state index in [2.05, 4.69) is 6.92 Å². The molecule has 0 aliphatic heterocycles. The normalized spacial score (nSPS) is 15.0. The van der Waals surface area contributed by atoms with Crippen LogP contribution >= 0.6 is 11.6 Å². The quantitative estimate of drug-likeness (QED) is 0.764. The van der Waals surface area contributed by atoms with Gasteiger partial charge in [-0.2, -0.15) is 0 Å². The number of nitrogens with zero attached hydrogens (tertiary/aromatic N) is 1. The van der Waals surface area contributed by atoms with Crippen molar-refractivity contribution >= 4 is 17.5 Å². The van der Waals surface area contributed by atoms with E-state index in [-0.39, 0.29) is 11.9 Å². The van der Waals surface area contributed by atoms with Crippen LogP contribution in [0, 0.1) is 0 Å². The van der Waals surface area contributed by atoms with Gasteiger partial charge in [-0.05, 0) is 49.1 Å². The van der Waals surface area contributed by atoms with Crippen LogP contribution in [0.1, 0.15) is 36.9 Å². The van der Waals surface area contributed by atoms with Crippen molar-refractivity contribution in [2.24, 2.45) is 0 Å². The topological polar surface area (TPSA) is 29.5 Å². The third kappa shape index (κ3) is 3.73. The lowest BCUT2D eigenvalue weighted by molar-refractivity contribution is -0.133. The van der Waals surface area contributed by atoms with Gasteiger partial charge in [0.05, 0.1) is 19.6 Å². The first-order valence-corrected chi connectivity index (χ1v) is 8.66. The first-order valence-electron chi connectivity index (χ1n) is 8.28. The highest BCUT2D eigenvalue weighted by Gasteiger charge is 2.36. The van der Waals surface area contributed by atoms with E-state index in [0.29, 0.717) is 17.5 Å². The van der Waals surface area contributed by atoms with Gasteiger partial charge in [0, 0.05) is 11.1 Å². The number of methoxy groups -OCH3 is 1. The average Bonchev–Trinajstić information content (AvgIpc) is 3.40. The van der Waals surface area contributed by atoms with E-state index in [1.165, 1.54) is 0 Å². The highest BCUT2D eigenvalue weighted by molar-refractivity contribution is 6.31. The Morgan fingerprint density at radius 2 is 2.00 bits per heavy atom. The van der Waals surface area contributed by atoms with Gasteiger partial charge < -0.3 is 9.64 Å². The van der Waals surface area contributed by atoms with Crippen LogP contribution < -0.4 is 4.74 Å². The number of carbonyl (C=O) groups is 1. The van der Waals surface area contributed by atoms with E-state index in [9.17, 15) is 4.79 Å². The number of ether oxygens (including phenoxy) is 1. The number of benzene rings is 2. The number of hydrogen-bond acceptors (Lipinski definition) is 2. The van der Waals surface area contributed by atoms with Crippen molar-refractivity contribution in [3.8, 4) is 5.75 Å². The Hall–Kier alpha value is -2.00. The smallest absolute Gasteiger partial charge is 0.227 e. The number of amides is 1. The SMILES string of the molecule is COc1cccc(CC(=O)N(C2CC2)C(C)c2ccccc2Cl)c1. The Bertz CT molecular complexity index is 727. The minimum atomic E-state index is -0.0238. The summed E-state index contributed by atoms with van der Waals surface area (Å²) in [7, 11) is 1.64. The summed E-state index contributed by atoms with van der Waals surface area (Å²) in [5.41, 5.74) is 1.97. The molecule has 1 fully saturated rings. The van der Waals surface area contributed by atoms with Crippen molar-refractivity contribution in [2.75, 3.05) is 7.11 Å². The third-order valence-electron chi connectivity index (χ3n) is 4.49. The Morgan fingerprint density at radius 1 is 1.25 bits per heavy atom. The van der Waals surface area contributed by atoms with Gasteiger partial charge in [-0.15, -0.1) is 0 Å². The Balaban J connectivity index is 1.80. The minimum Gasteiger partial charge on any atom is -0.497 e. The van der Waals surface area contributed by atoms with E-state index in [1.54, 1.807) is 7.11 Å². The fraction of sp³-hybridized carbons (Fsp3) is 0.350. The molecule has 0 heterocycles. The van der Waals surface area contributed by atoms with Crippen molar-refractivity contribution in [3.63, 3.8) is 0 Å². The predicted molar refractivity (Wildman–Crippen MR) is 96.4 cm³/mol. The minimum absolute atomic E-state index is 0.0238. The van der Waals surface area contributed by atoms with Crippen LogP contribution in [0.15, 0.2) is 48.5 Å². The number of halogens is 1. The summed E-state index contributed by atoms with van der Waals surface area (Å²) in [6, 6.07) is 15.8. The Morgan fingerprint density at radius 3 is 2.67 bits per heavy atom. The summed E-state index contributed by atoms with van der Waals surface area (Å²) in [5, 5.41) is 0.713. The van der Waals surface area contributed by atoms with E-state index in [4.69, 9.17) is 16.3 Å². The molecular formula is C20H22ClNO2. The van der Waals surface area contributed by atoms with Crippen LogP contribution in [0.3, 0.4) is 0 Å². The highest BCUT2D eigenvalue weighted by Crippen LogP contribution is 2.37. The summed E-state index contributed by atoms with van der Waals surface area (Å²) in [6.45, 7) is 2.06. The lowest BCUT2D eigenvalue weighted by atomic mass is 10.0. The molecule has 1 unspecified atom stereocenters. The van der Waals surface area contributed by atoms with Crippen molar-refractivity contribution < 1.29 is 9.53 Å². The monoisotopic (exact) mass is 343 g/mol. The number of rotatable bonds is 6. The summed E-state index contributed by atoms with van der Waals surface area (Å²) in [6.07, 6.45) is 2.51. The van der Waals surface area contributed by atoms with Crippen molar-refractivity contribution in [3.05, 3.63) is 64.7 Å². The molecule has 0 aromatic heterocycles. The fourth-order valence-corrected chi connectivity index (χ4v) is 3.39. The lowest BCUT2D eigenvalue weighted by Gasteiger charge is -2.30. The van der Waals surface area contributed by atoms with Gasteiger partial charge in [0.1, 0.15) is 5.75 Å². The first kappa shape index (κ1) is 16.8. The van der Waals surface area contributed by atoms with Crippen LogP contribution in [-0.4, -0.2) is 24.0 Å². The molecule has 2 aromatic rings. The molecule has 24 heavy (non-hydrogen) atoms. The van der Waals surface area contributed by atoms with Gasteiger partial charge in [-0.3, -0.25) is 4.79 Å². The second-order valence-corrected chi connectivity index (χ2v) is 6.67. The third-order valence-corrected chi connectivity index (χ3v) is 4.83. The summed E-state index contributed by atoms with van der Waals surface area (Å²) in [5.74, 6) is 0.913. The van der Waals surface area contributed by atoms with E-state index in [0.717, 1.165) is 29.7 Å². The van der Waals surface area contributed by atoms with Crippen molar-refractivity contribution in [1.29, 1.82) is 0 Å². The van der Waals surface area contributed by atoms with E-state index < -0.39 is 0 Å². The van der Waals surface area contributed by atoms with Gasteiger partial charge >= 0.3 is 0 Å². The maximum Gasteiger partial charge on any atom is 0.227 e. The van der Waals surface area contributed by atoms with E-state index >= 15 is 0 Å². The van der Waals surface area contributed by atoms with Gasteiger partial charge in [-0.1, -0.05) is 41.9 Å². The van der Waals surface area contributed by atoms with Crippen LogP contribution in [0.25, 0.3) is 0 Å². The zero-order valence-corrected chi connectivity index (χ0v) is 14.8. The molecule has 0 spiro atoms. The van der Waals surface area contributed by atoms with Crippen LogP contribution in [-0.2, 0) is 11.2 Å². The zero-order valence-electron chi connectivity index (χ0n) is 14.0. The lowest BCUT2D eigenvalue weighted by Crippen LogP contribution is -2.36. The predicted octanol–water partition coefficient (Wildman–Crippen LogP) is 4.64. The molecule has 1 atom stereocenters. The van der Waals surface area contributed by atoms with Gasteiger partial charge in [0.15, 0.2) is 0 Å². The Labute approximate surface area is 148 Å². The standard InChI is InChI=1S/C20H22ClNO2/c1-14(18-8-3-4-9-19(18)21)22(16-10-11-16)20(23)13-15-6-5-7-17(12-15)24-2/h3-9,12,14,16H,10-11,13H2,1-2H3. The maximum atomic E-state index is 13.0. The summed E-state index contributed by atoms with van der Waals surface area (Å²) < 4.78 is 5.25. The second-order valence-electron chi connectivity index (χ2n) is 6.26. The van der Waals surface area contributed by atoms with Crippen molar-refractivity contribution in [2.45, 2.75) is 38.3 Å². The number of carbonyl (C=O) groups excluding carboxylic acids is 1. The van der Waals surface area contributed by atoms with Crippen LogP contribution in [0.2, 0.25) is 5.02 Å². The van der Waals surface area contributed by atoms with Gasteiger partial charge in [0.25, 0.3) is 0 Å². The maximum absolute atomic E-state index is 13.0. The fourth-order valence-electron chi connectivity index (χ4n) is 3.10. The average molecular weight is 344 g/mol. The van der Waals surface area contributed by atoms with Crippen LogP contribution in [0.5, 0.6) is 5.75 Å². The number of hydrogen-bond donors (Lipinski definition) is 0. The van der Waals surface area contributed by atoms with Crippen molar-refractivity contribution in [1.82, 2.24) is 4.90 Å². The molecular weight excluding hydrogens is 322 g/mol. The molecule has 3 rings (SSSR count). The molecule has 1 aliphatic carbocycles. The van der Waals surface area contributed by atoms with Crippen LogP contribution in [0.4, 0.5) is 0 Å². The summed E-state index contributed by atoms with van der Waals surface area (Å²) in [4.78, 5) is 15.0. The zero-order chi connectivity index (χ0) is 17.1. The molecule has 0 bridgehead atoms.